The molecule has 1 saturated heterocycles. The lowest BCUT2D eigenvalue weighted by Crippen LogP contribution is -2.31. The number of carbonyl (C=O) groups excluding carboxylic acids is 1. The predicted octanol–water partition coefficient (Wildman–Crippen LogP) is 0.836. The maximum absolute atomic E-state index is 11.1. The van der Waals surface area contributed by atoms with E-state index < -0.39 is 0 Å². The zero-order valence-electron chi connectivity index (χ0n) is 6.34. The van der Waals surface area contributed by atoms with Crippen LogP contribution in [-0.2, 0) is 4.79 Å². The van der Waals surface area contributed by atoms with Gasteiger partial charge in [-0.2, -0.15) is 0 Å². The van der Waals surface area contributed by atoms with Crippen molar-refractivity contribution < 1.29 is 4.79 Å². The van der Waals surface area contributed by atoms with Crippen molar-refractivity contribution in [3.8, 4) is 0 Å². The van der Waals surface area contributed by atoms with Gasteiger partial charge in [0.15, 0.2) is 5.78 Å². The van der Waals surface area contributed by atoms with Gasteiger partial charge >= 0.3 is 0 Å². The van der Waals surface area contributed by atoms with Crippen LogP contribution in [0.15, 0.2) is 12.7 Å². The molecule has 0 spiro atoms. The fourth-order valence-corrected chi connectivity index (χ4v) is 1.41. The first-order valence-electron chi connectivity index (χ1n) is 3.62. The minimum Gasteiger partial charge on any atom is -0.296 e. The van der Waals surface area contributed by atoms with Crippen molar-refractivity contribution in [1.29, 1.82) is 0 Å². The molecule has 1 unspecified atom stereocenters. The normalized spacial score (nSPS) is 26.7. The second kappa shape index (κ2) is 2.97. The van der Waals surface area contributed by atoms with Gasteiger partial charge < -0.3 is 0 Å². The van der Waals surface area contributed by atoms with Crippen LogP contribution in [0.5, 0.6) is 0 Å². The molecule has 1 atom stereocenters. The summed E-state index contributed by atoms with van der Waals surface area (Å²) in [5.74, 6) is 0.167. The summed E-state index contributed by atoms with van der Waals surface area (Å²) in [6, 6.07) is 0.123. The fourth-order valence-electron chi connectivity index (χ4n) is 1.41. The average Bonchev–Trinajstić information content (AvgIpc) is 2.34. The van der Waals surface area contributed by atoms with E-state index in [1.807, 2.05) is 7.05 Å². The van der Waals surface area contributed by atoms with Crippen LogP contribution < -0.4 is 0 Å². The minimum absolute atomic E-state index is 0.123. The summed E-state index contributed by atoms with van der Waals surface area (Å²) in [5.41, 5.74) is 0. The summed E-state index contributed by atoms with van der Waals surface area (Å²) >= 11 is 0. The Hall–Kier alpha value is -0.630. The van der Waals surface area contributed by atoms with Gasteiger partial charge in [-0.1, -0.05) is 6.58 Å². The van der Waals surface area contributed by atoms with Crippen molar-refractivity contribution in [3.63, 3.8) is 0 Å². The molecule has 1 aliphatic rings. The Labute approximate surface area is 61.5 Å². The number of hydrogen-bond donors (Lipinski definition) is 0. The minimum atomic E-state index is 0.123. The molecular formula is C8H13NO. The Kier molecular flexibility index (Phi) is 2.22. The summed E-state index contributed by atoms with van der Waals surface area (Å²) in [6.07, 6.45) is 3.56. The number of likely N-dealkylation sites (tertiary alicyclic amines) is 1. The van der Waals surface area contributed by atoms with Gasteiger partial charge in [0.25, 0.3) is 0 Å². The molecule has 56 valence electrons. The molecule has 0 amide bonds. The van der Waals surface area contributed by atoms with Gasteiger partial charge in [0.1, 0.15) is 0 Å². The van der Waals surface area contributed by atoms with Crippen LogP contribution >= 0.6 is 0 Å². The molecule has 2 nitrogen and oxygen atoms in total. The van der Waals surface area contributed by atoms with Crippen molar-refractivity contribution in [2.75, 3.05) is 13.6 Å². The first-order chi connectivity index (χ1) is 4.75. The Balaban J connectivity index is 2.54. The molecule has 1 aliphatic heterocycles. The van der Waals surface area contributed by atoms with Crippen molar-refractivity contribution in [2.24, 2.45) is 0 Å². The lowest BCUT2D eigenvalue weighted by atomic mass is 10.1. The lowest BCUT2D eigenvalue weighted by molar-refractivity contribution is -0.118. The third-order valence-corrected chi connectivity index (χ3v) is 2.05. The van der Waals surface area contributed by atoms with Crippen LogP contribution in [-0.4, -0.2) is 30.3 Å². The molecule has 0 radical (unpaired) electrons. The number of rotatable bonds is 2. The first-order valence-corrected chi connectivity index (χ1v) is 3.62. The van der Waals surface area contributed by atoms with E-state index >= 15 is 0 Å². The summed E-state index contributed by atoms with van der Waals surface area (Å²) < 4.78 is 0. The molecule has 0 bridgehead atoms. The smallest absolute Gasteiger partial charge is 0.172 e. The molecule has 1 heterocycles. The number of nitrogens with zero attached hydrogens (tertiary/aromatic N) is 1. The van der Waals surface area contributed by atoms with Gasteiger partial charge in [-0.25, -0.2) is 0 Å². The molecule has 0 aromatic carbocycles. The third kappa shape index (κ3) is 1.27. The third-order valence-electron chi connectivity index (χ3n) is 2.05. The number of hydrogen-bond acceptors (Lipinski definition) is 2. The Morgan fingerprint density at radius 3 is 2.90 bits per heavy atom. The van der Waals surface area contributed by atoms with Gasteiger partial charge in [0.2, 0.25) is 0 Å². The van der Waals surface area contributed by atoms with Crippen molar-refractivity contribution in [1.82, 2.24) is 4.90 Å². The van der Waals surface area contributed by atoms with Gasteiger partial charge in [-0.15, -0.1) is 0 Å². The second-order valence-corrected chi connectivity index (χ2v) is 2.75. The van der Waals surface area contributed by atoms with E-state index in [4.69, 9.17) is 0 Å². The molecule has 10 heavy (non-hydrogen) atoms. The van der Waals surface area contributed by atoms with Gasteiger partial charge in [-0.3, -0.25) is 9.69 Å². The SMILES string of the molecule is C=CC(=O)C1CCCN1C. The van der Waals surface area contributed by atoms with E-state index in [1.165, 1.54) is 6.08 Å². The quantitative estimate of drug-likeness (QED) is 0.528. The highest BCUT2D eigenvalue weighted by molar-refractivity contribution is 5.93. The summed E-state index contributed by atoms with van der Waals surface area (Å²) in [6.45, 7) is 4.51. The van der Waals surface area contributed by atoms with E-state index in [1.54, 1.807) is 0 Å². The monoisotopic (exact) mass is 139 g/mol. The molecule has 0 saturated carbocycles. The predicted molar refractivity (Wildman–Crippen MR) is 40.9 cm³/mol. The van der Waals surface area contributed by atoms with E-state index in [-0.39, 0.29) is 11.8 Å². The Morgan fingerprint density at radius 2 is 2.50 bits per heavy atom. The standard InChI is InChI=1S/C8H13NO/c1-3-8(10)7-5-4-6-9(7)2/h3,7H,1,4-6H2,2H3. The summed E-state index contributed by atoms with van der Waals surface area (Å²) in [4.78, 5) is 13.2. The molecular weight excluding hydrogens is 126 g/mol. The number of ketones is 1. The zero-order valence-corrected chi connectivity index (χ0v) is 6.34. The van der Waals surface area contributed by atoms with Gasteiger partial charge in [0, 0.05) is 0 Å². The molecule has 1 rings (SSSR count). The molecule has 2 heteroatoms. The first kappa shape index (κ1) is 7.48. The molecule has 0 aromatic heterocycles. The molecule has 0 N–H and O–H groups in total. The average molecular weight is 139 g/mol. The Bertz CT molecular complexity index is 153. The van der Waals surface area contributed by atoms with Crippen molar-refractivity contribution >= 4 is 5.78 Å². The molecule has 1 fully saturated rings. The highest BCUT2D eigenvalue weighted by Crippen LogP contribution is 2.15. The maximum Gasteiger partial charge on any atom is 0.172 e. The van der Waals surface area contributed by atoms with Crippen LogP contribution in [0.2, 0.25) is 0 Å². The van der Waals surface area contributed by atoms with Crippen molar-refractivity contribution in [2.45, 2.75) is 18.9 Å². The Morgan fingerprint density at radius 1 is 1.80 bits per heavy atom. The van der Waals surface area contributed by atoms with E-state index in [0.29, 0.717) is 0 Å². The van der Waals surface area contributed by atoms with Crippen molar-refractivity contribution in [3.05, 3.63) is 12.7 Å². The lowest BCUT2D eigenvalue weighted by Gasteiger charge is -2.15. The maximum atomic E-state index is 11.1. The largest absolute Gasteiger partial charge is 0.296 e. The topological polar surface area (TPSA) is 20.3 Å². The molecule has 0 aliphatic carbocycles. The zero-order chi connectivity index (χ0) is 7.56. The van der Waals surface area contributed by atoms with E-state index in [2.05, 4.69) is 11.5 Å². The van der Waals surface area contributed by atoms with Crippen LogP contribution in [0.3, 0.4) is 0 Å². The highest BCUT2D eigenvalue weighted by Gasteiger charge is 2.25. The second-order valence-electron chi connectivity index (χ2n) is 2.75. The fraction of sp³-hybridized carbons (Fsp3) is 0.625. The van der Waals surface area contributed by atoms with Gasteiger partial charge in [-0.05, 0) is 32.5 Å². The van der Waals surface area contributed by atoms with E-state index in [9.17, 15) is 4.79 Å². The number of carbonyl (C=O) groups is 1. The highest BCUT2D eigenvalue weighted by atomic mass is 16.1. The molecule has 0 aromatic rings. The van der Waals surface area contributed by atoms with Crippen LogP contribution in [0.1, 0.15) is 12.8 Å². The van der Waals surface area contributed by atoms with Gasteiger partial charge in [0.05, 0.1) is 6.04 Å². The summed E-state index contributed by atoms with van der Waals surface area (Å²) in [5, 5.41) is 0. The number of likely N-dealkylation sites (N-methyl/N-ethyl adjacent to an activating group) is 1. The van der Waals surface area contributed by atoms with Crippen LogP contribution in [0.25, 0.3) is 0 Å². The van der Waals surface area contributed by atoms with Crippen LogP contribution in [0, 0.1) is 0 Å². The summed E-state index contributed by atoms with van der Waals surface area (Å²) in [7, 11) is 1.99. The van der Waals surface area contributed by atoms with E-state index in [0.717, 1.165) is 19.4 Å². The van der Waals surface area contributed by atoms with Crippen LogP contribution in [0.4, 0.5) is 0 Å².